The van der Waals surface area contributed by atoms with E-state index in [-0.39, 0.29) is 11.8 Å². The van der Waals surface area contributed by atoms with Crippen LogP contribution in [0.25, 0.3) is 16.7 Å². The number of rotatable bonds is 4. The third-order valence-electron chi connectivity index (χ3n) is 3.28. The number of nitrogens with zero attached hydrogens (tertiary/aromatic N) is 4. The molecule has 21 heavy (non-hydrogen) atoms. The number of amides is 1. The van der Waals surface area contributed by atoms with Crippen LogP contribution in [0.4, 0.5) is 0 Å². The van der Waals surface area contributed by atoms with Crippen molar-refractivity contribution >= 4 is 34.4 Å². The van der Waals surface area contributed by atoms with Gasteiger partial charge in [-0.05, 0) is 18.2 Å². The van der Waals surface area contributed by atoms with Gasteiger partial charge in [0.1, 0.15) is 11.3 Å². The molecule has 0 atom stereocenters. The summed E-state index contributed by atoms with van der Waals surface area (Å²) >= 11 is 1.48. The lowest BCUT2D eigenvalue weighted by atomic mass is 10.1. The molecule has 0 bridgehead atoms. The summed E-state index contributed by atoms with van der Waals surface area (Å²) in [5, 5.41) is 1.53. The largest absolute Gasteiger partial charge is 0.343 e. The Balaban J connectivity index is 2.75. The first kappa shape index (κ1) is 15.6. The fourth-order valence-electron chi connectivity index (χ4n) is 2.01. The molecule has 2 heterocycles. The average molecular weight is 304 g/mol. The molecule has 0 radical (unpaired) electrons. The number of aromatic nitrogens is 3. The fraction of sp³-hybridized carbons (Fsp3) is 0.400. The molecule has 5 nitrogen and oxygen atoms in total. The highest BCUT2D eigenvalue weighted by Crippen LogP contribution is 2.27. The number of carbonyl (C=O) groups is 1. The minimum absolute atomic E-state index is 0.0690. The lowest BCUT2D eigenvalue weighted by molar-refractivity contribution is 0.0820. The molecule has 0 aromatic carbocycles. The Kier molecular flexibility index (Phi) is 4.37. The van der Waals surface area contributed by atoms with Gasteiger partial charge in [-0.1, -0.05) is 32.2 Å². The van der Waals surface area contributed by atoms with Crippen LogP contribution in [0, 0.1) is 5.92 Å². The molecule has 2 aromatic heterocycles. The van der Waals surface area contributed by atoms with Crippen LogP contribution >= 0.6 is 11.8 Å². The Morgan fingerprint density at radius 2 is 2.10 bits per heavy atom. The van der Waals surface area contributed by atoms with Crippen molar-refractivity contribution in [2.75, 3.05) is 20.4 Å². The van der Waals surface area contributed by atoms with E-state index in [2.05, 4.69) is 30.4 Å². The Bertz CT molecular complexity index is 703. The first-order valence-electron chi connectivity index (χ1n) is 6.70. The Morgan fingerprint density at radius 3 is 2.62 bits per heavy atom. The van der Waals surface area contributed by atoms with Crippen LogP contribution in [0.2, 0.25) is 0 Å². The second-order valence-corrected chi connectivity index (χ2v) is 6.12. The number of carbonyl (C=O) groups excluding carboxylic acids is 1. The highest BCUT2D eigenvalue weighted by molar-refractivity contribution is 7.98. The maximum absolute atomic E-state index is 12.4. The van der Waals surface area contributed by atoms with Gasteiger partial charge in [0.2, 0.25) is 0 Å². The van der Waals surface area contributed by atoms with Crippen LogP contribution < -0.4 is 0 Å². The minimum atomic E-state index is -0.0690. The Labute approximate surface area is 129 Å². The molecule has 0 aliphatic carbocycles. The zero-order valence-corrected chi connectivity index (χ0v) is 13.9. The maximum Gasteiger partial charge on any atom is 0.270 e. The van der Waals surface area contributed by atoms with Gasteiger partial charge < -0.3 is 4.90 Å². The Hall–Kier alpha value is -1.82. The minimum Gasteiger partial charge on any atom is -0.343 e. The zero-order valence-electron chi connectivity index (χ0n) is 13.0. The van der Waals surface area contributed by atoms with E-state index in [1.807, 2.05) is 16.9 Å². The van der Waals surface area contributed by atoms with Crippen molar-refractivity contribution in [2.24, 2.45) is 5.92 Å². The van der Waals surface area contributed by atoms with Crippen LogP contribution in [0.3, 0.4) is 0 Å². The van der Waals surface area contributed by atoms with E-state index in [4.69, 9.17) is 0 Å². The molecule has 2 rings (SSSR count). The van der Waals surface area contributed by atoms with Gasteiger partial charge in [0.15, 0.2) is 5.16 Å². The molecule has 6 heteroatoms. The van der Waals surface area contributed by atoms with Crippen molar-refractivity contribution < 1.29 is 4.79 Å². The summed E-state index contributed by atoms with van der Waals surface area (Å²) in [6, 6.07) is 1.83. The monoisotopic (exact) mass is 304 g/mol. The fourth-order valence-corrected chi connectivity index (χ4v) is 2.34. The second kappa shape index (κ2) is 5.89. The molecule has 0 aliphatic rings. The number of hydrogen-bond acceptors (Lipinski definition) is 4. The zero-order chi connectivity index (χ0) is 15.7. The van der Waals surface area contributed by atoms with Crippen molar-refractivity contribution in [3.8, 4) is 0 Å². The lowest BCUT2D eigenvalue weighted by Crippen LogP contribution is -2.25. The molecule has 0 fully saturated rings. The third-order valence-corrected chi connectivity index (χ3v) is 3.84. The summed E-state index contributed by atoms with van der Waals surface area (Å²) in [5.74, 6) is 0.141. The van der Waals surface area contributed by atoms with E-state index in [1.54, 1.807) is 25.2 Å². The predicted molar refractivity (Wildman–Crippen MR) is 87.5 cm³/mol. The molecular formula is C15H20N4OS. The van der Waals surface area contributed by atoms with Gasteiger partial charge in [0.25, 0.3) is 5.91 Å². The first-order chi connectivity index (χ1) is 9.86. The maximum atomic E-state index is 12.4. The van der Waals surface area contributed by atoms with E-state index >= 15 is 0 Å². The molecule has 0 aliphatic heterocycles. The van der Waals surface area contributed by atoms with Crippen molar-refractivity contribution in [1.82, 2.24) is 19.4 Å². The van der Waals surface area contributed by atoms with Gasteiger partial charge in [0.05, 0.1) is 0 Å². The van der Waals surface area contributed by atoms with Crippen molar-refractivity contribution in [3.05, 3.63) is 24.5 Å². The Morgan fingerprint density at radius 1 is 1.43 bits per heavy atom. The van der Waals surface area contributed by atoms with Crippen LogP contribution in [-0.2, 0) is 0 Å². The quantitative estimate of drug-likeness (QED) is 0.643. The molecule has 0 saturated heterocycles. The van der Waals surface area contributed by atoms with Crippen molar-refractivity contribution in [3.63, 3.8) is 0 Å². The summed E-state index contributed by atoms with van der Waals surface area (Å²) in [7, 11) is 3.48. The number of hydrogen-bond donors (Lipinski definition) is 0. The van der Waals surface area contributed by atoms with Crippen molar-refractivity contribution in [1.29, 1.82) is 0 Å². The summed E-state index contributed by atoms with van der Waals surface area (Å²) in [6.45, 7) is 8.23. The molecule has 1 amide bonds. The summed E-state index contributed by atoms with van der Waals surface area (Å²) in [5.41, 5.74) is 2.15. The van der Waals surface area contributed by atoms with E-state index in [9.17, 15) is 4.79 Å². The highest BCUT2D eigenvalue weighted by Gasteiger charge is 2.21. The normalized spacial score (nSPS) is 11.1. The number of thioether (sulfide) groups is 1. The van der Waals surface area contributed by atoms with Gasteiger partial charge in [0, 0.05) is 31.4 Å². The van der Waals surface area contributed by atoms with E-state index in [1.165, 1.54) is 11.8 Å². The van der Waals surface area contributed by atoms with Gasteiger partial charge in [-0.25, -0.2) is 9.97 Å². The summed E-state index contributed by atoms with van der Waals surface area (Å²) in [4.78, 5) is 22.8. The molecule has 2 aromatic rings. The lowest BCUT2D eigenvalue weighted by Gasteiger charge is -2.17. The summed E-state index contributed by atoms with van der Waals surface area (Å²) < 4.78 is 1.85. The van der Waals surface area contributed by atoms with Crippen molar-refractivity contribution in [2.45, 2.75) is 19.0 Å². The second-order valence-electron chi connectivity index (χ2n) is 5.35. The number of fused-ring (bicyclic) bond motifs is 1. The van der Waals surface area contributed by atoms with Crippen LogP contribution in [0.5, 0.6) is 0 Å². The molecule has 112 valence electrons. The van der Waals surface area contributed by atoms with E-state index < -0.39 is 0 Å². The predicted octanol–water partition coefficient (Wildman–Crippen LogP) is 2.98. The van der Waals surface area contributed by atoms with Crippen LogP contribution in [0.15, 0.2) is 24.0 Å². The molecule has 0 N–H and O–H groups in total. The van der Waals surface area contributed by atoms with Gasteiger partial charge in [-0.15, -0.1) is 0 Å². The molecule has 0 unspecified atom stereocenters. The third kappa shape index (κ3) is 2.81. The molecular weight excluding hydrogens is 284 g/mol. The van der Waals surface area contributed by atoms with E-state index in [0.29, 0.717) is 10.9 Å². The molecule has 0 spiro atoms. The van der Waals surface area contributed by atoms with Gasteiger partial charge in [-0.3, -0.25) is 9.36 Å². The van der Waals surface area contributed by atoms with Crippen LogP contribution in [-0.4, -0.2) is 45.7 Å². The summed E-state index contributed by atoms with van der Waals surface area (Å²) in [6.07, 6.45) is 3.68. The SMILES string of the molecule is C=C(C(C)C)n1c(C(=O)N(C)C)cc2cnc(SC)nc21. The highest BCUT2D eigenvalue weighted by atomic mass is 32.2. The number of allylic oxidation sites excluding steroid dienone is 1. The van der Waals surface area contributed by atoms with Gasteiger partial charge >= 0.3 is 0 Å². The van der Waals surface area contributed by atoms with E-state index in [0.717, 1.165) is 16.7 Å². The average Bonchev–Trinajstić information content (AvgIpc) is 2.83. The first-order valence-corrected chi connectivity index (χ1v) is 7.92. The van der Waals surface area contributed by atoms with Crippen LogP contribution in [0.1, 0.15) is 24.3 Å². The topological polar surface area (TPSA) is 51.0 Å². The van der Waals surface area contributed by atoms with Gasteiger partial charge in [-0.2, -0.15) is 0 Å². The standard InChI is InChI=1S/C15H20N4OS/c1-9(2)10(3)19-12(14(20)18(4)5)7-11-8-16-15(21-6)17-13(11)19/h7-9H,3H2,1-2,4-6H3. The smallest absolute Gasteiger partial charge is 0.270 e. The molecule has 0 saturated carbocycles.